The molecule has 0 radical (unpaired) electrons. The predicted octanol–water partition coefficient (Wildman–Crippen LogP) is 6.27. The van der Waals surface area contributed by atoms with Crippen LogP contribution >= 0.6 is 0 Å². The van der Waals surface area contributed by atoms with Gasteiger partial charge in [-0.05, 0) is 49.2 Å². The van der Waals surface area contributed by atoms with Crippen molar-refractivity contribution in [2.24, 2.45) is 5.92 Å². The number of hydrogen-bond donors (Lipinski definition) is 1. The van der Waals surface area contributed by atoms with Crippen molar-refractivity contribution in [3.05, 3.63) is 124 Å². The van der Waals surface area contributed by atoms with Crippen molar-refractivity contribution in [2.45, 2.75) is 26.6 Å². The highest BCUT2D eigenvalue weighted by Gasteiger charge is 2.38. The van der Waals surface area contributed by atoms with E-state index in [0.29, 0.717) is 28.1 Å². The molecule has 0 bridgehead atoms. The molecule has 0 saturated heterocycles. The zero-order valence-electron chi connectivity index (χ0n) is 21.8. The molecule has 5 nitrogen and oxygen atoms in total. The van der Waals surface area contributed by atoms with Gasteiger partial charge in [-0.25, -0.2) is 9.59 Å². The first-order valence-electron chi connectivity index (χ1n) is 12.5. The molecule has 0 fully saturated rings. The summed E-state index contributed by atoms with van der Waals surface area (Å²) < 4.78 is 49.8. The predicted molar refractivity (Wildman–Crippen MR) is 144 cm³/mol. The fraction of sp³-hybridized carbons (Fsp3) is 0.188. The molecule has 1 atom stereocenters. The summed E-state index contributed by atoms with van der Waals surface area (Å²) in [6.07, 6.45) is -4.48. The van der Waals surface area contributed by atoms with Gasteiger partial charge in [0.1, 0.15) is 6.61 Å². The zero-order chi connectivity index (χ0) is 28.7. The smallest absolute Gasteiger partial charge is 0.416 e. The Bertz CT molecular complexity index is 1500. The van der Waals surface area contributed by atoms with E-state index in [1.807, 2.05) is 24.3 Å². The molecule has 4 rings (SSSR count). The Morgan fingerprint density at radius 2 is 1.45 bits per heavy atom. The number of dihydropyridines is 1. The molecule has 8 heteroatoms. The molecular formula is C32H26F3NO4. The number of hydrogen-bond acceptors (Lipinski definition) is 5. The molecular weight excluding hydrogens is 519 g/mol. The van der Waals surface area contributed by atoms with E-state index in [1.54, 1.807) is 50.2 Å². The molecule has 3 aromatic carbocycles. The molecule has 1 aliphatic heterocycles. The number of esters is 2. The van der Waals surface area contributed by atoms with Crippen LogP contribution in [0.25, 0.3) is 5.70 Å². The second-order valence-corrected chi connectivity index (χ2v) is 8.88. The molecule has 1 heterocycles. The van der Waals surface area contributed by atoms with Crippen LogP contribution in [-0.4, -0.2) is 18.5 Å². The molecule has 204 valence electrons. The van der Waals surface area contributed by atoms with Gasteiger partial charge in [0, 0.05) is 11.3 Å². The van der Waals surface area contributed by atoms with Crippen molar-refractivity contribution >= 4 is 17.6 Å². The van der Waals surface area contributed by atoms with Gasteiger partial charge in [0.25, 0.3) is 0 Å². The Labute approximate surface area is 230 Å². The minimum atomic E-state index is -4.48. The average molecular weight is 546 g/mol. The first-order chi connectivity index (χ1) is 19.2. The van der Waals surface area contributed by atoms with Crippen molar-refractivity contribution in [3.63, 3.8) is 0 Å². The Morgan fingerprint density at radius 3 is 2.05 bits per heavy atom. The van der Waals surface area contributed by atoms with Gasteiger partial charge in [0.2, 0.25) is 0 Å². The van der Waals surface area contributed by atoms with Gasteiger partial charge in [-0.1, -0.05) is 72.5 Å². The van der Waals surface area contributed by atoms with Crippen LogP contribution in [0.2, 0.25) is 0 Å². The lowest BCUT2D eigenvalue weighted by Crippen LogP contribution is -2.33. The van der Waals surface area contributed by atoms with Gasteiger partial charge in [-0.15, -0.1) is 0 Å². The van der Waals surface area contributed by atoms with E-state index < -0.39 is 29.6 Å². The van der Waals surface area contributed by atoms with Crippen LogP contribution in [0.1, 0.15) is 36.1 Å². The number of benzene rings is 3. The third-order valence-electron chi connectivity index (χ3n) is 6.13. The van der Waals surface area contributed by atoms with E-state index in [0.717, 1.165) is 12.1 Å². The topological polar surface area (TPSA) is 64.6 Å². The normalized spacial score (nSPS) is 15.1. The van der Waals surface area contributed by atoms with E-state index in [1.165, 1.54) is 12.1 Å². The number of ether oxygens (including phenoxy) is 2. The Hall–Kier alpha value is -4.77. The van der Waals surface area contributed by atoms with Crippen LogP contribution in [0.5, 0.6) is 0 Å². The lowest BCUT2D eigenvalue weighted by molar-refractivity contribution is -0.141. The summed E-state index contributed by atoms with van der Waals surface area (Å²) in [4.78, 5) is 26.8. The van der Waals surface area contributed by atoms with Crippen LogP contribution in [-0.2, 0) is 31.8 Å². The molecule has 1 N–H and O–H groups in total. The summed E-state index contributed by atoms with van der Waals surface area (Å²) in [6.45, 7) is 3.23. The van der Waals surface area contributed by atoms with E-state index in [2.05, 4.69) is 17.2 Å². The van der Waals surface area contributed by atoms with E-state index in [9.17, 15) is 22.8 Å². The van der Waals surface area contributed by atoms with Crippen molar-refractivity contribution in [1.29, 1.82) is 0 Å². The molecule has 0 saturated carbocycles. The number of allylic oxidation sites excluding steroid dienone is 1. The van der Waals surface area contributed by atoms with Crippen LogP contribution < -0.4 is 5.32 Å². The summed E-state index contributed by atoms with van der Waals surface area (Å²) in [5.74, 6) is 3.72. The molecule has 0 spiro atoms. The Balaban J connectivity index is 1.77. The first kappa shape index (κ1) is 28.2. The summed E-state index contributed by atoms with van der Waals surface area (Å²) in [5, 5.41) is 3.17. The SMILES string of the molecule is CCOC(=O)C1=C(C)NC(c2ccccc2)=C(C(=O)OCc2ccc(C(F)(F)F)cc2)[C@@H]1C#Cc1ccccc1. The van der Waals surface area contributed by atoms with Crippen molar-refractivity contribution in [1.82, 2.24) is 5.32 Å². The van der Waals surface area contributed by atoms with Crippen LogP contribution in [0.3, 0.4) is 0 Å². The quantitative estimate of drug-likeness (QED) is 0.292. The molecule has 0 aliphatic carbocycles. The highest BCUT2D eigenvalue weighted by Crippen LogP contribution is 2.35. The molecule has 0 unspecified atom stereocenters. The maximum absolute atomic E-state index is 13.7. The number of rotatable bonds is 6. The number of halogens is 3. The largest absolute Gasteiger partial charge is 0.463 e. The molecule has 3 aromatic rings. The number of carbonyl (C=O) groups is 2. The highest BCUT2D eigenvalue weighted by molar-refractivity contribution is 6.04. The zero-order valence-corrected chi connectivity index (χ0v) is 21.8. The summed E-state index contributed by atoms with van der Waals surface area (Å²) in [5.41, 5.74) is 2.07. The third kappa shape index (κ3) is 6.62. The van der Waals surface area contributed by atoms with Crippen LogP contribution in [0.15, 0.2) is 102 Å². The second-order valence-electron chi connectivity index (χ2n) is 8.88. The van der Waals surface area contributed by atoms with Gasteiger partial charge in [-0.2, -0.15) is 13.2 Å². The number of carbonyl (C=O) groups excluding carboxylic acids is 2. The molecule has 40 heavy (non-hydrogen) atoms. The summed E-state index contributed by atoms with van der Waals surface area (Å²) in [7, 11) is 0. The van der Waals surface area contributed by atoms with Crippen molar-refractivity contribution in [3.8, 4) is 11.8 Å². The van der Waals surface area contributed by atoms with Crippen LogP contribution in [0, 0.1) is 17.8 Å². The maximum Gasteiger partial charge on any atom is 0.416 e. The first-order valence-corrected chi connectivity index (χ1v) is 12.5. The lowest BCUT2D eigenvalue weighted by Gasteiger charge is -2.29. The highest BCUT2D eigenvalue weighted by atomic mass is 19.4. The van der Waals surface area contributed by atoms with E-state index in [4.69, 9.17) is 9.47 Å². The van der Waals surface area contributed by atoms with Crippen molar-refractivity contribution in [2.75, 3.05) is 6.61 Å². The molecule has 1 aliphatic rings. The second kappa shape index (κ2) is 12.4. The monoisotopic (exact) mass is 545 g/mol. The van der Waals surface area contributed by atoms with E-state index >= 15 is 0 Å². The van der Waals surface area contributed by atoms with Crippen LogP contribution in [0.4, 0.5) is 13.2 Å². The number of alkyl halides is 3. The maximum atomic E-state index is 13.7. The molecule has 0 amide bonds. The Kier molecular flexibility index (Phi) is 8.75. The fourth-order valence-corrected chi connectivity index (χ4v) is 4.20. The fourth-order valence-electron chi connectivity index (χ4n) is 4.20. The van der Waals surface area contributed by atoms with Gasteiger partial charge >= 0.3 is 18.1 Å². The van der Waals surface area contributed by atoms with Gasteiger partial charge < -0.3 is 14.8 Å². The standard InChI is InChI=1S/C32H26F3NO4/c1-3-39-30(37)27-21(2)36-29(24-12-8-5-9-13-24)28(26(27)19-16-22-10-6-4-7-11-22)31(38)40-20-23-14-17-25(18-15-23)32(33,34)35/h4-15,17-18,26,36H,3,20H2,1-2H3/t26-/m1/s1. The van der Waals surface area contributed by atoms with Gasteiger partial charge in [-0.3, -0.25) is 0 Å². The summed E-state index contributed by atoms with van der Waals surface area (Å²) in [6, 6.07) is 22.5. The average Bonchev–Trinajstić information content (AvgIpc) is 2.95. The van der Waals surface area contributed by atoms with Gasteiger partial charge in [0.05, 0.1) is 34.9 Å². The third-order valence-corrected chi connectivity index (χ3v) is 6.13. The number of nitrogens with one attached hydrogen (secondary N) is 1. The minimum Gasteiger partial charge on any atom is -0.463 e. The van der Waals surface area contributed by atoms with Gasteiger partial charge in [0.15, 0.2) is 0 Å². The summed E-state index contributed by atoms with van der Waals surface area (Å²) >= 11 is 0. The van der Waals surface area contributed by atoms with Crippen molar-refractivity contribution < 1.29 is 32.2 Å². The minimum absolute atomic E-state index is 0.0928. The Morgan fingerprint density at radius 1 is 0.850 bits per heavy atom. The van der Waals surface area contributed by atoms with E-state index in [-0.39, 0.29) is 24.4 Å². The lowest BCUT2D eigenvalue weighted by atomic mass is 9.84. The molecule has 0 aromatic heterocycles.